The standard InChI is InChI=1S/C34H34N6O2/c1-23(37-33(41)30-31(35)38-39-21-11-20-36-32(30)39)28-22-26-15-10-14-25(19-18-24-12-6-3-2-4-7-13-24)29(26)34(42)40(28)27-16-8-5-9-17-27/h5,8-11,14-17,20-24H,2-4,6-7,12-13H2,1H3,(H2,35,38)(H,37,41). The molecule has 8 nitrogen and oxygen atoms in total. The summed E-state index contributed by atoms with van der Waals surface area (Å²) >= 11 is 0. The van der Waals surface area contributed by atoms with E-state index in [-0.39, 0.29) is 16.9 Å². The summed E-state index contributed by atoms with van der Waals surface area (Å²) < 4.78 is 3.15. The van der Waals surface area contributed by atoms with Gasteiger partial charge in [-0.15, -0.1) is 5.10 Å². The summed E-state index contributed by atoms with van der Waals surface area (Å²) in [7, 11) is 0. The molecule has 212 valence electrons. The summed E-state index contributed by atoms with van der Waals surface area (Å²) in [5.74, 6) is 6.91. The van der Waals surface area contributed by atoms with E-state index >= 15 is 0 Å². The number of rotatable bonds is 4. The third kappa shape index (κ3) is 5.38. The van der Waals surface area contributed by atoms with E-state index in [0.717, 1.165) is 23.8 Å². The fraction of sp³-hybridized carbons (Fsp3) is 0.294. The molecule has 1 atom stereocenters. The van der Waals surface area contributed by atoms with E-state index in [1.54, 1.807) is 23.0 Å². The van der Waals surface area contributed by atoms with Crippen LogP contribution in [-0.4, -0.2) is 25.1 Å². The molecule has 3 heterocycles. The van der Waals surface area contributed by atoms with Crippen LogP contribution in [0.25, 0.3) is 22.1 Å². The van der Waals surface area contributed by atoms with Crippen molar-refractivity contribution in [3.63, 3.8) is 0 Å². The van der Waals surface area contributed by atoms with E-state index in [1.165, 1.54) is 36.6 Å². The molecule has 1 saturated carbocycles. The van der Waals surface area contributed by atoms with Gasteiger partial charge in [0, 0.05) is 35.3 Å². The van der Waals surface area contributed by atoms with Gasteiger partial charge in [-0.1, -0.05) is 74.3 Å². The van der Waals surface area contributed by atoms with Gasteiger partial charge in [0.2, 0.25) is 0 Å². The van der Waals surface area contributed by atoms with Crippen molar-refractivity contribution in [2.45, 2.75) is 57.9 Å². The molecule has 3 aromatic heterocycles. The van der Waals surface area contributed by atoms with E-state index in [9.17, 15) is 9.59 Å². The topological polar surface area (TPSA) is 107 Å². The van der Waals surface area contributed by atoms with Crippen LogP contribution in [-0.2, 0) is 0 Å². The second-order valence-corrected chi connectivity index (χ2v) is 11.0. The Bertz CT molecular complexity index is 1870. The van der Waals surface area contributed by atoms with E-state index in [4.69, 9.17) is 5.73 Å². The number of nitrogen functional groups attached to an aromatic ring is 1. The van der Waals surface area contributed by atoms with Gasteiger partial charge in [0.05, 0.1) is 11.4 Å². The van der Waals surface area contributed by atoms with Crippen molar-refractivity contribution in [3.05, 3.63) is 100 Å². The molecule has 1 fully saturated rings. The second kappa shape index (κ2) is 11.9. The maximum absolute atomic E-state index is 14.3. The number of hydrogen-bond donors (Lipinski definition) is 2. The second-order valence-electron chi connectivity index (χ2n) is 11.0. The molecule has 1 aliphatic carbocycles. The molecule has 0 radical (unpaired) electrons. The molecule has 3 N–H and O–H groups in total. The Morgan fingerprint density at radius 2 is 1.79 bits per heavy atom. The van der Waals surface area contributed by atoms with Crippen molar-refractivity contribution < 1.29 is 4.79 Å². The SMILES string of the molecule is CC(NC(=O)c1c(N)nn2cccnc12)c1cc2cccc(C#CC3CCCCCCC3)c2c(=O)n1-c1ccccc1. The molecule has 0 bridgehead atoms. The minimum absolute atomic E-state index is 0.0878. The number of para-hydroxylation sites is 1. The Morgan fingerprint density at radius 3 is 2.57 bits per heavy atom. The van der Waals surface area contributed by atoms with Gasteiger partial charge in [0.15, 0.2) is 11.5 Å². The van der Waals surface area contributed by atoms with Crippen molar-refractivity contribution in [1.29, 1.82) is 0 Å². The predicted octanol–water partition coefficient (Wildman–Crippen LogP) is 5.82. The monoisotopic (exact) mass is 558 g/mol. The summed E-state index contributed by atoms with van der Waals surface area (Å²) in [6, 6.07) is 18.4. The summed E-state index contributed by atoms with van der Waals surface area (Å²) in [5, 5.41) is 8.60. The van der Waals surface area contributed by atoms with Crippen LogP contribution >= 0.6 is 0 Å². The highest BCUT2D eigenvalue weighted by Crippen LogP contribution is 2.26. The third-order valence-electron chi connectivity index (χ3n) is 8.05. The largest absolute Gasteiger partial charge is 0.381 e. The van der Waals surface area contributed by atoms with Gasteiger partial charge in [-0.25, -0.2) is 9.50 Å². The Hall–Kier alpha value is -4.90. The van der Waals surface area contributed by atoms with Crippen LogP contribution in [0, 0.1) is 17.8 Å². The molecule has 0 spiro atoms. The lowest BCUT2D eigenvalue weighted by molar-refractivity contribution is 0.0941. The molecule has 0 saturated heterocycles. The summed E-state index contributed by atoms with van der Waals surface area (Å²) in [4.78, 5) is 32.1. The fourth-order valence-electron chi connectivity index (χ4n) is 5.89. The summed E-state index contributed by atoms with van der Waals surface area (Å²) in [6.07, 6.45) is 11.8. The number of amides is 1. The molecule has 1 aliphatic rings. The number of carbonyl (C=O) groups is 1. The Morgan fingerprint density at radius 1 is 1.02 bits per heavy atom. The number of anilines is 1. The molecule has 6 rings (SSSR count). The molecule has 42 heavy (non-hydrogen) atoms. The van der Waals surface area contributed by atoms with Gasteiger partial charge in [0.1, 0.15) is 5.56 Å². The highest BCUT2D eigenvalue weighted by atomic mass is 16.2. The molecule has 5 aromatic rings. The lowest BCUT2D eigenvalue weighted by Gasteiger charge is -2.21. The maximum atomic E-state index is 14.3. The van der Waals surface area contributed by atoms with Crippen LogP contribution in [0.5, 0.6) is 0 Å². The quantitative estimate of drug-likeness (QED) is 0.270. The average molecular weight is 559 g/mol. The first-order valence-corrected chi connectivity index (χ1v) is 14.7. The van der Waals surface area contributed by atoms with Gasteiger partial charge in [-0.2, -0.15) is 0 Å². The third-order valence-corrected chi connectivity index (χ3v) is 8.05. The number of benzene rings is 2. The molecular formula is C34H34N6O2. The minimum atomic E-state index is -0.544. The first kappa shape index (κ1) is 27.3. The molecule has 8 heteroatoms. The number of hydrogen-bond acceptors (Lipinski definition) is 5. The number of carbonyl (C=O) groups excluding carboxylic acids is 1. The van der Waals surface area contributed by atoms with Crippen molar-refractivity contribution in [3.8, 4) is 17.5 Å². The number of fused-ring (bicyclic) bond motifs is 2. The average Bonchev–Trinajstić information content (AvgIpc) is 3.32. The Labute approximate surface area is 244 Å². The highest BCUT2D eigenvalue weighted by Gasteiger charge is 2.24. The summed E-state index contributed by atoms with van der Waals surface area (Å²) in [5.41, 5.74) is 8.58. The van der Waals surface area contributed by atoms with Crippen molar-refractivity contribution in [2.75, 3.05) is 5.73 Å². The molecule has 2 aromatic carbocycles. The molecule has 1 unspecified atom stereocenters. The Balaban J connectivity index is 1.42. The van der Waals surface area contributed by atoms with Crippen LogP contribution in [0.3, 0.4) is 0 Å². The number of nitrogens with two attached hydrogens (primary N) is 1. The van der Waals surface area contributed by atoms with E-state index in [1.807, 2.05) is 61.5 Å². The van der Waals surface area contributed by atoms with Gasteiger partial charge in [0.25, 0.3) is 11.5 Å². The van der Waals surface area contributed by atoms with Crippen LogP contribution < -0.4 is 16.6 Å². The van der Waals surface area contributed by atoms with Crippen LogP contribution in [0.2, 0.25) is 0 Å². The predicted molar refractivity (Wildman–Crippen MR) is 166 cm³/mol. The van der Waals surface area contributed by atoms with E-state index in [0.29, 0.717) is 28.3 Å². The number of nitrogens with one attached hydrogen (secondary N) is 1. The van der Waals surface area contributed by atoms with Crippen LogP contribution in [0.15, 0.2) is 77.9 Å². The highest BCUT2D eigenvalue weighted by molar-refractivity contribution is 6.04. The molecule has 0 aliphatic heterocycles. The van der Waals surface area contributed by atoms with Crippen molar-refractivity contribution in [2.24, 2.45) is 5.92 Å². The normalized spacial score (nSPS) is 15.0. The van der Waals surface area contributed by atoms with E-state index in [2.05, 4.69) is 27.2 Å². The molecule has 1 amide bonds. The first-order chi connectivity index (χ1) is 20.5. The lowest BCUT2D eigenvalue weighted by atomic mass is 9.91. The zero-order valence-corrected chi connectivity index (χ0v) is 23.7. The number of aromatic nitrogens is 4. The molecular weight excluding hydrogens is 524 g/mol. The lowest BCUT2D eigenvalue weighted by Crippen LogP contribution is -2.32. The van der Waals surface area contributed by atoms with Crippen LogP contribution in [0.4, 0.5) is 5.82 Å². The van der Waals surface area contributed by atoms with Crippen molar-refractivity contribution in [1.82, 2.24) is 24.5 Å². The van der Waals surface area contributed by atoms with Gasteiger partial charge in [-0.3, -0.25) is 14.2 Å². The zero-order valence-electron chi connectivity index (χ0n) is 23.7. The van der Waals surface area contributed by atoms with E-state index < -0.39 is 11.9 Å². The number of pyridine rings is 1. The maximum Gasteiger partial charge on any atom is 0.264 e. The van der Waals surface area contributed by atoms with Crippen LogP contribution in [0.1, 0.15) is 79.5 Å². The van der Waals surface area contributed by atoms with Crippen molar-refractivity contribution >= 4 is 28.1 Å². The van der Waals surface area contributed by atoms with Gasteiger partial charge >= 0.3 is 0 Å². The fourth-order valence-corrected chi connectivity index (χ4v) is 5.89. The number of nitrogens with zero attached hydrogens (tertiary/aromatic N) is 4. The zero-order chi connectivity index (χ0) is 29.1. The minimum Gasteiger partial charge on any atom is -0.381 e. The van der Waals surface area contributed by atoms with Gasteiger partial charge in [-0.05, 0) is 55.5 Å². The smallest absolute Gasteiger partial charge is 0.264 e. The Kier molecular flexibility index (Phi) is 7.74. The van der Waals surface area contributed by atoms with Gasteiger partial charge < -0.3 is 11.1 Å². The first-order valence-electron chi connectivity index (χ1n) is 14.7. The summed E-state index contributed by atoms with van der Waals surface area (Å²) in [6.45, 7) is 1.85.